The lowest BCUT2D eigenvalue weighted by atomic mass is 10.1. The topological polar surface area (TPSA) is 52.2 Å². The quantitative estimate of drug-likeness (QED) is 0.818. The summed E-state index contributed by atoms with van der Waals surface area (Å²) < 4.78 is 0. The van der Waals surface area contributed by atoms with Gasteiger partial charge < -0.3 is 14.8 Å². The van der Waals surface area contributed by atoms with Crippen molar-refractivity contribution in [1.29, 1.82) is 0 Å². The number of nitrogens with one attached hydrogen (secondary N) is 1. The Morgan fingerprint density at radius 3 is 3.00 bits per heavy atom. The third kappa shape index (κ3) is 2.58. The van der Waals surface area contributed by atoms with Crippen molar-refractivity contribution in [3.8, 4) is 0 Å². The van der Waals surface area contributed by atoms with E-state index in [1.54, 1.807) is 0 Å². The number of hydrogen-bond acceptors (Lipinski definition) is 4. The average Bonchev–Trinajstić information content (AvgIpc) is 2.82. The molecule has 104 valence electrons. The highest BCUT2D eigenvalue weighted by Gasteiger charge is 2.24. The van der Waals surface area contributed by atoms with Gasteiger partial charge in [-0.25, -0.2) is 4.98 Å². The largest absolute Gasteiger partial charge is 0.310 e. The fourth-order valence-electron chi connectivity index (χ4n) is 3.13. The second kappa shape index (κ2) is 5.06. The van der Waals surface area contributed by atoms with Crippen molar-refractivity contribution in [2.24, 2.45) is 0 Å². The van der Waals surface area contributed by atoms with Crippen LogP contribution in [0.2, 0.25) is 0 Å². The highest BCUT2D eigenvalue weighted by molar-refractivity contribution is 5.22. The fourth-order valence-corrected chi connectivity index (χ4v) is 3.13. The predicted molar refractivity (Wildman–Crippen MR) is 74.5 cm³/mol. The van der Waals surface area contributed by atoms with Crippen LogP contribution < -0.4 is 5.56 Å². The first-order valence-electron chi connectivity index (χ1n) is 7.13. The van der Waals surface area contributed by atoms with Crippen LogP contribution in [0.1, 0.15) is 23.5 Å². The molecule has 0 aromatic carbocycles. The van der Waals surface area contributed by atoms with E-state index >= 15 is 0 Å². The van der Waals surface area contributed by atoms with E-state index in [0.29, 0.717) is 6.04 Å². The summed E-state index contributed by atoms with van der Waals surface area (Å²) in [5.74, 6) is 0.859. The number of aromatic amines is 1. The molecule has 3 rings (SSSR count). The van der Waals surface area contributed by atoms with Crippen molar-refractivity contribution in [3.63, 3.8) is 0 Å². The summed E-state index contributed by atoms with van der Waals surface area (Å²) in [5, 5.41) is 0. The van der Waals surface area contributed by atoms with E-state index in [1.165, 1.54) is 0 Å². The van der Waals surface area contributed by atoms with E-state index in [0.717, 1.165) is 62.4 Å². The predicted octanol–water partition coefficient (Wildman–Crippen LogP) is 0.0469. The number of H-pyrrole nitrogens is 1. The van der Waals surface area contributed by atoms with E-state index in [1.807, 2.05) is 0 Å². The zero-order valence-corrected chi connectivity index (χ0v) is 11.8. The molecule has 1 aromatic heterocycles. The Bertz CT molecular complexity index is 525. The Hall–Kier alpha value is -1.20. The molecule has 1 aliphatic carbocycles. The van der Waals surface area contributed by atoms with Gasteiger partial charge in [0.25, 0.3) is 5.56 Å². The zero-order valence-electron chi connectivity index (χ0n) is 11.8. The minimum absolute atomic E-state index is 0.0873. The van der Waals surface area contributed by atoms with E-state index in [-0.39, 0.29) is 5.56 Å². The summed E-state index contributed by atoms with van der Waals surface area (Å²) in [7, 11) is 4.31. The second-order valence-corrected chi connectivity index (χ2v) is 5.89. The van der Waals surface area contributed by atoms with Crippen LogP contribution in [0.3, 0.4) is 0 Å². The molecular weight excluding hydrogens is 240 g/mol. The zero-order chi connectivity index (χ0) is 13.4. The molecular formula is C14H22N4O. The molecule has 19 heavy (non-hydrogen) atoms. The van der Waals surface area contributed by atoms with Gasteiger partial charge in [-0.2, -0.15) is 0 Å². The lowest BCUT2D eigenvalue weighted by Gasteiger charge is -2.37. The molecule has 1 saturated heterocycles. The Morgan fingerprint density at radius 2 is 2.16 bits per heavy atom. The van der Waals surface area contributed by atoms with Crippen LogP contribution in [0, 0.1) is 0 Å². The molecule has 0 radical (unpaired) electrons. The van der Waals surface area contributed by atoms with Crippen LogP contribution in [0.5, 0.6) is 0 Å². The maximum Gasteiger partial charge on any atom is 0.254 e. The lowest BCUT2D eigenvalue weighted by Crippen LogP contribution is -2.51. The first kappa shape index (κ1) is 12.8. The number of piperazine rings is 1. The molecule has 0 amide bonds. The molecule has 5 heteroatoms. The average molecular weight is 262 g/mol. The van der Waals surface area contributed by atoms with E-state index < -0.39 is 0 Å². The Labute approximate surface area is 113 Å². The highest BCUT2D eigenvalue weighted by atomic mass is 16.1. The van der Waals surface area contributed by atoms with Crippen molar-refractivity contribution in [1.82, 2.24) is 19.8 Å². The molecule has 0 bridgehead atoms. The third-order valence-corrected chi connectivity index (χ3v) is 4.40. The van der Waals surface area contributed by atoms with Crippen molar-refractivity contribution < 1.29 is 0 Å². The smallest absolute Gasteiger partial charge is 0.254 e. The number of rotatable bonds is 2. The molecule has 1 unspecified atom stereocenters. The van der Waals surface area contributed by atoms with Gasteiger partial charge in [-0.1, -0.05) is 0 Å². The molecule has 2 aliphatic rings. The first-order chi connectivity index (χ1) is 9.13. The Kier molecular flexibility index (Phi) is 3.41. The summed E-state index contributed by atoms with van der Waals surface area (Å²) in [6.07, 6.45) is 3.76. The van der Waals surface area contributed by atoms with Crippen LogP contribution in [0.4, 0.5) is 0 Å². The Balaban J connectivity index is 1.80. The van der Waals surface area contributed by atoms with Crippen molar-refractivity contribution >= 4 is 0 Å². The molecule has 1 N–H and O–H groups in total. The van der Waals surface area contributed by atoms with Gasteiger partial charge in [-0.05, 0) is 33.4 Å². The molecule has 5 nitrogen and oxygen atoms in total. The van der Waals surface area contributed by atoms with Gasteiger partial charge in [0.15, 0.2) is 0 Å². The molecule has 1 atom stereocenters. The fraction of sp³-hybridized carbons (Fsp3) is 0.714. The number of hydrogen-bond donors (Lipinski definition) is 1. The number of aromatic nitrogens is 2. The minimum atomic E-state index is 0.0873. The number of likely N-dealkylation sites (N-methyl/N-ethyl adjacent to an activating group) is 2. The standard InChI is InChI=1S/C14H22N4O/c1-17-6-7-18(2)10(9-17)8-13-15-12-5-3-4-11(12)14(19)16-13/h10H,3-9H2,1-2H3,(H,15,16,19). The Morgan fingerprint density at radius 1 is 1.32 bits per heavy atom. The summed E-state index contributed by atoms with van der Waals surface area (Å²) in [6.45, 7) is 3.23. The molecule has 1 fully saturated rings. The summed E-state index contributed by atoms with van der Waals surface area (Å²) in [6, 6.07) is 0.446. The lowest BCUT2D eigenvalue weighted by molar-refractivity contribution is 0.113. The molecule has 0 spiro atoms. The molecule has 2 heterocycles. The monoisotopic (exact) mass is 262 g/mol. The van der Waals surface area contributed by atoms with Gasteiger partial charge >= 0.3 is 0 Å². The van der Waals surface area contributed by atoms with Crippen LogP contribution in [-0.2, 0) is 19.3 Å². The van der Waals surface area contributed by atoms with Crippen molar-refractivity contribution in [3.05, 3.63) is 27.4 Å². The number of fused-ring (bicyclic) bond motifs is 1. The molecule has 0 saturated carbocycles. The summed E-state index contributed by atoms with van der Waals surface area (Å²) in [5.41, 5.74) is 2.03. The van der Waals surface area contributed by atoms with Gasteiger partial charge in [0.1, 0.15) is 5.82 Å². The normalized spacial score (nSPS) is 24.6. The number of nitrogens with zero attached hydrogens (tertiary/aromatic N) is 3. The van der Waals surface area contributed by atoms with Crippen LogP contribution >= 0.6 is 0 Å². The maximum absolute atomic E-state index is 12.0. The first-order valence-corrected chi connectivity index (χ1v) is 7.13. The highest BCUT2D eigenvalue weighted by Crippen LogP contribution is 2.17. The van der Waals surface area contributed by atoms with Gasteiger partial charge in [0.05, 0.1) is 5.69 Å². The third-order valence-electron chi connectivity index (χ3n) is 4.40. The minimum Gasteiger partial charge on any atom is -0.310 e. The maximum atomic E-state index is 12.0. The molecule has 1 aliphatic heterocycles. The summed E-state index contributed by atoms with van der Waals surface area (Å²) >= 11 is 0. The van der Waals surface area contributed by atoms with Crippen molar-refractivity contribution in [2.75, 3.05) is 33.7 Å². The van der Waals surface area contributed by atoms with Crippen molar-refractivity contribution in [2.45, 2.75) is 31.7 Å². The second-order valence-electron chi connectivity index (χ2n) is 5.89. The van der Waals surface area contributed by atoms with E-state index in [4.69, 9.17) is 0 Å². The molecule has 1 aromatic rings. The van der Waals surface area contributed by atoms with Gasteiger partial charge in [-0.15, -0.1) is 0 Å². The van der Waals surface area contributed by atoms with Gasteiger partial charge in [0, 0.05) is 37.7 Å². The van der Waals surface area contributed by atoms with E-state index in [2.05, 4.69) is 33.9 Å². The van der Waals surface area contributed by atoms with Crippen LogP contribution in [0.15, 0.2) is 4.79 Å². The summed E-state index contributed by atoms with van der Waals surface area (Å²) in [4.78, 5) is 24.4. The van der Waals surface area contributed by atoms with Gasteiger partial charge in [0.2, 0.25) is 0 Å². The van der Waals surface area contributed by atoms with Crippen LogP contribution in [0.25, 0.3) is 0 Å². The number of aryl methyl sites for hydroxylation is 1. The SMILES string of the molecule is CN1CCN(C)C(Cc2nc3c(c(=O)[nH]2)CCC3)C1. The van der Waals surface area contributed by atoms with E-state index in [9.17, 15) is 4.79 Å². The van der Waals surface area contributed by atoms with Gasteiger partial charge in [-0.3, -0.25) is 4.79 Å². The van der Waals surface area contributed by atoms with Crippen LogP contribution in [-0.4, -0.2) is 59.5 Å².